The van der Waals surface area contributed by atoms with E-state index < -0.39 is 11.6 Å². The maximum Gasteiger partial charge on any atom is 0.219 e. The number of benzene rings is 1. The third-order valence-corrected chi connectivity index (χ3v) is 3.00. The summed E-state index contributed by atoms with van der Waals surface area (Å²) < 4.78 is 32.2. The number of hydrogen-bond donors (Lipinski definition) is 1. The van der Waals surface area contributed by atoms with E-state index in [1.54, 1.807) is 6.07 Å². The molecule has 0 amide bonds. The van der Waals surface area contributed by atoms with E-state index >= 15 is 0 Å². The smallest absolute Gasteiger partial charge is 0.219 e. The van der Waals surface area contributed by atoms with Crippen LogP contribution in [0.25, 0.3) is 0 Å². The molecule has 2 aromatic rings. The van der Waals surface area contributed by atoms with Crippen molar-refractivity contribution in [2.24, 2.45) is 5.73 Å². The van der Waals surface area contributed by atoms with Crippen LogP contribution in [0.2, 0.25) is 0 Å². The van der Waals surface area contributed by atoms with Crippen molar-refractivity contribution < 1.29 is 13.5 Å². The molecule has 3 nitrogen and oxygen atoms in total. The molecule has 0 radical (unpaired) electrons. The van der Waals surface area contributed by atoms with Gasteiger partial charge in [0.2, 0.25) is 11.7 Å². The van der Waals surface area contributed by atoms with E-state index in [2.05, 4.69) is 4.98 Å². The van der Waals surface area contributed by atoms with Crippen LogP contribution < -0.4 is 10.5 Å². The van der Waals surface area contributed by atoms with Gasteiger partial charge in [-0.3, -0.25) is 0 Å². The Bertz CT molecular complexity index is 651. The third kappa shape index (κ3) is 3.55. The summed E-state index contributed by atoms with van der Waals surface area (Å²) in [5.41, 5.74) is 7.05. The molecule has 1 aromatic heterocycles. The summed E-state index contributed by atoms with van der Waals surface area (Å²) in [6.45, 7) is 6.32. The van der Waals surface area contributed by atoms with Gasteiger partial charge in [-0.1, -0.05) is 26.8 Å². The highest BCUT2D eigenvalue weighted by molar-refractivity contribution is 5.33. The van der Waals surface area contributed by atoms with Gasteiger partial charge in [0.1, 0.15) is 0 Å². The maximum atomic E-state index is 13.7. The van der Waals surface area contributed by atoms with Crippen LogP contribution in [-0.2, 0) is 12.0 Å². The van der Waals surface area contributed by atoms with E-state index in [9.17, 15) is 8.78 Å². The van der Waals surface area contributed by atoms with Crippen LogP contribution in [0.15, 0.2) is 30.3 Å². The SMILES string of the molecule is CC(C)(C)c1cc(CN)cc(Oc2cccc(F)c2F)n1. The number of rotatable bonds is 3. The predicted octanol–water partition coefficient (Wildman–Crippen LogP) is 3.91. The number of nitrogens with zero attached hydrogens (tertiary/aromatic N) is 1. The lowest BCUT2D eigenvalue weighted by Crippen LogP contribution is -2.15. The molecule has 1 heterocycles. The van der Waals surface area contributed by atoms with Crippen molar-refractivity contribution in [1.29, 1.82) is 0 Å². The molecule has 0 atom stereocenters. The van der Waals surface area contributed by atoms with Crippen LogP contribution in [0.4, 0.5) is 8.78 Å². The summed E-state index contributed by atoms with van der Waals surface area (Å²) in [5.74, 6) is -1.99. The molecule has 0 spiro atoms. The summed E-state index contributed by atoms with van der Waals surface area (Å²) in [4.78, 5) is 4.35. The van der Waals surface area contributed by atoms with Crippen molar-refractivity contribution in [2.45, 2.75) is 32.7 Å². The second-order valence-electron chi connectivity index (χ2n) is 5.81. The minimum absolute atomic E-state index is 0.198. The second-order valence-corrected chi connectivity index (χ2v) is 5.81. The van der Waals surface area contributed by atoms with E-state index in [1.807, 2.05) is 26.8 Å². The van der Waals surface area contributed by atoms with E-state index in [4.69, 9.17) is 10.5 Å². The summed E-state index contributed by atoms with van der Waals surface area (Å²) in [6, 6.07) is 7.28. The molecule has 0 saturated heterocycles. The normalized spacial score (nSPS) is 11.5. The Morgan fingerprint density at radius 3 is 2.52 bits per heavy atom. The number of ether oxygens (including phenoxy) is 1. The van der Waals surface area contributed by atoms with Gasteiger partial charge < -0.3 is 10.5 Å². The largest absolute Gasteiger partial charge is 0.436 e. The molecule has 112 valence electrons. The minimum Gasteiger partial charge on any atom is -0.436 e. The molecule has 1 aromatic carbocycles. The molecule has 21 heavy (non-hydrogen) atoms. The van der Waals surface area contributed by atoms with Gasteiger partial charge >= 0.3 is 0 Å². The first kappa shape index (κ1) is 15.4. The zero-order chi connectivity index (χ0) is 15.6. The Balaban J connectivity index is 2.42. The fraction of sp³-hybridized carbons (Fsp3) is 0.312. The van der Waals surface area contributed by atoms with Crippen LogP contribution in [0.5, 0.6) is 11.6 Å². The van der Waals surface area contributed by atoms with Crippen molar-refractivity contribution in [1.82, 2.24) is 4.98 Å². The second kappa shape index (κ2) is 5.77. The molecule has 0 aliphatic rings. The summed E-state index contributed by atoms with van der Waals surface area (Å²) >= 11 is 0. The first-order chi connectivity index (χ1) is 9.81. The molecule has 0 aliphatic heterocycles. The zero-order valence-corrected chi connectivity index (χ0v) is 12.3. The van der Waals surface area contributed by atoms with Gasteiger partial charge in [0, 0.05) is 18.0 Å². The maximum absolute atomic E-state index is 13.7. The highest BCUT2D eigenvalue weighted by Crippen LogP contribution is 2.28. The van der Waals surface area contributed by atoms with Gasteiger partial charge in [-0.15, -0.1) is 0 Å². The monoisotopic (exact) mass is 292 g/mol. The zero-order valence-electron chi connectivity index (χ0n) is 12.3. The molecule has 0 saturated carbocycles. The van der Waals surface area contributed by atoms with Crippen molar-refractivity contribution >= 4 is 0 Å². The van der Waals surface area contributed by atoms with E-state index in [1.165, 1.54) is 12.1 Å². The molecular formula is C16H18F2N2O. The Hall–Kier alpha value is -2.01. The highest BCUT2D eigenvalue weighted by atomic mass is 19.2. The van der Waals surface area contributed by atoms with Crippen LogP contribution >= 0.6 is 0 Å². The number of nitrogens with two attached hydrogens (primary N) is 1. The first-order valence-electron chi connectivity index (χ1n) is 6.64. The van der Waals surface area contributed by atoms with Crippen molar-refractivity contribution in [2.75, 3.05) is 0 Å². The van der Waals surface area contributed by atoms with Gasteiger partial charge in [-0.2, -0.15) is 4.39 Å². The average Bonchev–Trinajstić information content (AvgIpc) is 2.42. The third-order valence-electron chi connectivity index (χ3n) is 3.00. The molecule has 2 rings (SSSR count). The summed E-state index contributed by atoms with van der Waals surface area (Å²) in [5, 5.41) is 0. The molecule has 0 fully saturated rings. The summed E-state index contributed by atoms with van der Waals surface area (Å²) in [7, 11) is 0. The van der Waals surface area contributed by atoms with E-state index in [0.29, 0.717) is 6.54 Å². The van der Waals surface area contributed by atoms with Crippen LogP contribution in [0, 0.1) is 11.6 Å². The van der Waals surface area contributed by atoms with Gasteiger partial charge in [-0.05, 0) is 23.8 Å². The predicted molar refractivity (Wildman–Crippen MR) is 77.3 cm³/mol. The quantitative estimate of drug-likeness (QED) is 0.933. The Morgan fingerprint density at radius 2 is 1.90 bits per heavy atom. The number of halogens is 2. The number of aromatic nitrogens is 1. The van der Waals surface area contributed by atoms with Gasteiger partial charge in [0.15, 0.2) is 11.6 Å². The lowest BCUT2D eigenvalue weighted by Gasteiger charge is -2.19. The van der Waals surface area contributed by atoms with Crippen LogP contribution in [-0.4, -0.2) is 4.98 Å². The topological polar surface area (TPSA) is 48.1 Å². The highest BCUT2D eigenvalue weighted by Gasteiger charge is 2.18. The Labute approximate surface area is 122 Å². The van der Waals surface area contributed by atoms with E-state index in [-0.39, 0.29) is 17.0 Å². The van der Waals surface area contributed by atoms with Crippen LogP contribution in [0.1, 0.15) is 32.0 Å². The Kier molecular flexibility index (Phi) is 4.23. The molecule has 2 N–H and O–H groups in total. The molecular weight excluding hydrogens is 274 g/mol. The molecule has 0 aliphatic carbocycles. The fourth-order valence-corrected chi connectivity index (χ4v) is 1.79. The van der Waals surface area contributed by atoms with Crippen molar-refractivity contribution in [3.63, 3.8) is 0 Å². The standard InChI is InChI=1S/C16H18F2N2O/c1-16(2,3)13-7-10(9-19)8-14(20-13)21-12-6-4-5-11(17)15(12)18/h4-8H,9,19H2,1-3H3. The number of pyridine rings is 1. The van der Waals surface area contributed by atoms with Gasteiger partial charge in [-0.25, -0.2) is 9.37 Å². The molecule has 0 unspecified atom stereocenters. The lowest BCUT2D eigenvalue weighted by molar-refractivity contribution is 0.400. The first-order valence-corrected chi connectivity index (χ1v) is 6.64. The fourth-order valence-electron chi connectivity index (χ4n) is 1.79. The van der Waals surface area contributed by atoms with E-state index in [0.717, 1.165) is 17.3 Å². The van der Waals surface area contributed by atoms with Crippen molar-refractivity contribution in [3.8, 4) is 11.6 Å². The Morgan fingerprint density at radius 1 is 1.19 bits per heavy atom. The van der Waals surface area contributed by atoms with Crippen LogP contribution in [0.3, 0.4) is 0 Å². The minimum atomic E-state index is -1.03. The lowest BCUT2D eigenvalue weighted by atomic mass is 9.91. The summed E-state index contributed by atoms with van der Waals surface area (Å²) in [6.07, 6.45) is 0. The van der Waals surface area contributed by atoms with Crippen molar-refractivity contribution in [3.05, 3.63) is 53.2 Å². The molecule has 5 heteroatoms. The van der Waals surface area contributed by atoms with Gasteiger partial charge in [0.25, 0.3) is 0 Å². The number of hydrogen-bond acceptors (Lipinski definition) is 3. The average molecular weight is 292 g/mol. The molecule has 0 bridgehead atoms. The van der Waals surface area contributed by atoms with Gasteiger partial charge in [0.05, 0.1) is 5.69 Å².